The maximum atomic E-state index is 6.21. The van der Waals surface area contributed by atoms with Crippen LogP contribution in [0.15, 0.2) is 24.3 Å². The number of ether oxygens (including phenoxy) is 2. The second-order valence-electron chi connectivity index (χ2n) is 5.56. The first kappa shape index (κ1) is 15.3. The van der Waals surface area contributed by atoms with Crippen molar-refractivity contribution in [3.8, 4) is 5.75 Å². The zero-order valence-electron chi connectivity index (χ0n) is 12.5. The minimum atomic E-state index is -0.0473. The van der Waals surface area contributed by atoms with Crippen molar-refractivity contribution < 1.29 is 9.47 Å². The molecule has 0 heterocycles. The van der Waals surface area contributed by atoms with Gasteiger partial charge in [-0.1, -0.05) is 37.8 Å². The molecule has 1 aromatic rings. The van der Waals surface area contributed by atoms with Gasteiger partial charge < -0.3 is 15.2 Å². The normalized spacial score (nSPS) is 18.5. The molecule has 20 heavy (non-hydrogen) atoms. The van der Waals surface area contributed by atoms with Crippen LogP contribution in [0.1, 0.15) is 57.1 Å². The van der Waals surface area contributed by atoms with E-state index < -0.39 is 0 Å². The van der Waals surface area contributed by atoms with E-state index in [1.807, 2.05) is 31.2 Å². The zero-order valence-corrected chi connectivity index (χ0v) is 12.5. The summed E-state index contributed by atoms with van der Waals surface area (Å²) in [7, 11) is 0. The monoisotopic (exact) mass is 277 g/mol. The zero-order chi connectivity index (χ0) is 14.2. The molecule has 1 fully saturated rings. The van der Waals surface area contributed by atoms with Gasteiger partial charge in [-0.3, -0.25) is 0 Å². The van der Waals surface area contributed by atoms with Crippen LogP contribution in [0.3, 0.4) is 0 Å². The van der Waals surface area contributed by atoms with Crippen molar-refractivity contribution in [2.24, 2.45) is 5.73 Å². The minimum absolute atomic E-state index is 0.0473. The van der Waals surface area contributed by atoms with Crippen molar-refractivity contribution in [1.82, 2.24) is 0 Å². The lowest BCUT2D eigenvalue weighted by atomic mass is 10.1. The van der Waals surface area contributed by atoms with Gasteiger partial charge in [-0.05, 0) is 37.5 Å². The third kappa shape index (κ3) is 4.80. The topological polar surface area (TPSA) is 44.5 Å². The van der Waals surface area contributed by atoms with E-state index in [1.165, 1.54) is 38.5 Å². The molecule has 2 rings (SSSR count). The van der Waals surface area contributed by atoms with Gasteiger partial charge in [-0.15, -0.1) is 0 Å². The molecule has 1 aromatic carbocycles. The van der Waals surface area contributed by atoms with Crippen molar-refractivity contribution in [2.45, 2.75) is 57.6 Å². The first-order chi connectivity index (χ1) is 9.79. The van der Waals surface area contributed by atoms with Gasteiger partial charge in [0.05, 0.1) is 25.4 Å². The minimum Gasteiger partial charge on any atom is -0.494 e. The fourth-order valence-electron chi connectivity index (χ4n) is 2.72. The lowest BCUT2D eigenvalue weighted by Crippen LogP contribution is -2.22. The van der Waals surface area contributed by atoms with Crippen LogP contribution in [-0.2, 0) is 4.74 Å². The summed E-state index contributed by atoms with van der Waals surface area (Å²) in [5.41, 5.74) is 7.32. The van der Waals surface area contributed by atoms with Crippen molar-refractivity contribution in [3.63, 3.8) is 0 Å². The Balaban J connectivity index is 1.79. The van der Waals surface area contributed by atoms with Gasteiger partial charge >= 0.3 is 0 Å². The van der Waals surface area contributed by atoms with E-state index in [4.69, 9.17) is 15.2 Å². The van der Waals surface area contributed by atoms with Crippen molar-refractivity contribution in [2.75, 3.05) is 13.2 Å². The third-order valence-corrected chi connectivity index (χ3v) is 3.93. The Bertz CT molecular complexity index is 369. The second-order valence-corrected chi connectivity index (χ2v) is 5.56. The van der Waals surface area contributed by atoms with Gasteiger partial charge in [-0.2, -0.15) is 0 Å². The number of nitrogens with two attached hydrogens (primary N) is 1. The molecule has 0 bridgehead atoms. The number of benzene rings is 1. The lowest BCUT2D eigenvalue weighted by molar-refractivity contribution is 0.0345. The van der Waals surface area contributed by atoms with E-state index >= 15 is 0 Å². The highest BCUT2D eigenvalue weighted by atomic mass is 16.5. The molecule has 2 N–H and O–H groups in total. The highest BCUT2D eigenvalue weighted by molar-refractivity contribution is 5.29. The molecule has 1 unspecified atom stereocenters. The summed E-state index contributed by atoms with van der Waals surface area (Å²) in [5.74, 6) is 0.896. The molecular formula is C17H27NO2. The van der Waals surface area contributed by atoms with Gasteiger partial charge in [0.15, 0.2) is 0 Å². The van der Waals surface area contributed by atoms with E-state index in [2.05, 4.69) is 0 Å². The molecule has 1 saturated carbocycles. The Morgan fingerprint density at radius 3 is 2.35 bits per heavy atom. The summed E-state index contributed by atoms with van der Waals surface area (Å²) >= 11 is 0. The highest BCUT2D eigenvalue weighted by Crippen LogP contribution is 2.22. The lowest BCUT2D eigenvalue weighted by Gasteiger charge is -2.19. The van der Waals surface area contributed by atoms with Crippen molar-refractivity contribution in [3.05, 3.63) is 29.8 Å². The van der Waals surface area contributed by atoms with Crippen LogP contribution in [0, 0.1) is 0 Å². The SMILES string of the molecule is CCOc1ccc(C(N)COC2CCCCCC2)cc1. The van der Waals surface area contributed by atoms with E-state index in [0.29, 0.717) is 19.3 Å². The molecule has 0 amide bonds. The van der Waals surface area contributed by atoms with Crippen LogP contribution >= 0.6 is 0 Å². The Morgan fingerprint density at radius 1 is 1.10 bits per heavy atom. The fourth-order valence-corrected chi connectivity index (χ4v) is 2.72. The van der Waals surface area contributed by atoms with Gasteiger partial charge in [-0.25, -0.2) is 0 Å². The molecule has 1 aliphatic rings. The second kappa shape index (κ2) is 8.28. The van der Waals surface area contributed by atoms with Gasteiger partial charge in [0, 0.05) is 0 Å². The maximum Gasteiger partial charge on any atom is 0.119 e. The molecule has 0 aliphatic heterocycles. The summed E-state index contributed by atoms with van der Waals surface area (Å²) < 4.78 is 11.4. The predicted molar refractivity (Wildman–Crippen MR) is 82.0 cm³/mol. The first-order valence-corrected chi connectivity index (χ1v) is 7.89. The average Bonchev–Trinajstić information content (AvgIpc) is 2.74. The predicted octanol–water partition coefficient (Wildman–Crippen LogP) is 3.82. The molecule has 112 valence electrons. The van der Waals surface area contributed by atoms with Crippen LogP contribution in [0.25, 0.3) is 0 Å². The highest BCUT2D eigenvalue weighted by Gasteiger charge is 2.14. The maximum absolute atomic E-state index is 6.21. The van der Waals surface area contributed by atoms with E-state index in [1.54, 1.807) is 0 Å². The summed E-state index contributed by atoms with van der Waals surface area (Å²) in [4.78, 5) is 0. The number of hydrogen-bond acceptors (Lipinski definition) is 3. The smallest absolute Gasteiger partial charge is 0.119 e. The van der Waals surface area contributed by atoms with E-state index in [-0.39, 0.29) is 6.04 Å². The molecule has 1 atom stereocenters. The molecule has 0 aromatic heterocycles. The molecule has 0 radical (unpaired) electrons. The van der Waals surface area contributed by atoms with Crippen molar-refractivity contribution >= 4 is 0 Å². The fraction of sp³-hybridized carbons (Fsp3) is 0.647. The molecule has 3 heteroatoms. The number of rotatable bonds is 6. The summed E-state index contributed by atoms with van der Waals surface area (Å²) in [5, 5.41) is 0. The van der Waals surface area contributed by atoms with E-state index in [0.717, 1.165) is 11.3 Å². The standard InChI is InChI=1S/C17H27NO2/c1-2-19-16-11-9-14(10-12-16)17(18)13-20-15-7-5-3-4-6-8-15/h9-12,15,17H,2-8,13,18H2,1H3. The van der Waals surface area contributed by atoms with Gasteiger partial charge in [0.1, 0.15) is 5.75 Å². The summed E-state index contributed by atoms with van der Waals surface area (Å²) in [6.07, 6.45) is 8.08. The largest absolute Gasteiger partial charge is 0.494 e. The summed E-state index contributed by atoms with van der Waals surface area (Å²) in [6, 6.07) is 7.97. The molecule has 0 saturated heterocycles. The van der Waals surface area contributed by atoms with E-state index in [9.17, 15) is 0 Å². The van der Waals surface area contributed by atoms with Gasteiger partial charge in [0.2, 0.25) is 0 Å². The molecule has 0 spiro atoms. The van der Waals surface area contributed by atoms with Crippen LogP contribution in [-0.4, -0.2) is 19.3 Å². The van der Waals surface area contributed by atoms with Gasteiger partial charge in [0.25, 0.3) is 0 Å². The molecule has 1 aliphatic carbocycles. The Hall–Kier alpha value is -1.06. The Labute approximate surface area is 122 Å². The van der Waals surface area contributed by atoms with Crippen LogP contribution < -0.4 is 10.5 Å². The first-order valence-electron chi connectivity index (χ1n) is 7.89. The quantitative estimate of drug-likeness (QED) is 0.804. The number of hydrogen-bond donors (Lipinski definition) is 1. The average molecular weight is 277 g/mol. The third-order valence-electron chi connectivity index (χ3n) is 3.93. The van der Waals surface area contributed by atoms with Crippen LogP contribution in [0.2, 0.25) is 0 Å². The molecular weight excluding hydrogens is 250 g/mol. The molecule has 3 nitrogen and oxygen atoms in total. The Kier molecular flexibility index (Phi) is 6.34. The summed E-state index contributed by atoms with van der Waals surface area (Å²) in [6.45, 7) is 3.29. The van der Waals surface area contributed by atoms with Crippen LogP contribution in [0.4, 0.5) is 0 Å². The van der Waals surface area contributed by atoms with Crippen molar-refractivity contribution in [1.29, 1.82) is 0 Å². The van der Waals surface area contributed by atoms with Crippen LogP contribution in [0.5, 0.6) is 5.75 Å². The Morgan fingerprint density at radius 2 is 1.75 bits per heavy atom.